The molecule has 26 heavy (non-hydrogen) atoms. The lowest BCUT2D eigenvalue weighted by Crippen LogP contribution is -2.39. The third-order valence-electron chi connectivity index (χ3n) is 3.23. The molecule has 1 rings (SSSR count). The van der Waals surface area contributed by atoms with E-state index in [1.54, 1.807) is 17.5 Å². The van der Waals surface area contributed by atoms with Gasteiger partial charge in [-0.05, 0) is 30.7 Å². The zero-order valence-corrected chi connectivity index (χ0v) is 17.4. The van der Waals surface area contributed by atoms with Gasteiger partial charge in [0.25, 0.3) is 0 Å². The third kappa shape index (κ3) is 9.51. The normalized spacial score (nSPS) is 13.8. The highest BCUT2D eigenvalue weighted by Gasteiger charge is 2.20. The van der Waals surface area contributed by atoms with Crippen LogP contribution in [0.1, 0.15) is 27.2 Å². The number of nitrogens with one attached hydrogen (secondary N) is 2. The van der Waals surface area contributed by atoms with Crippen molar-refractivity contribution in [1.82, 2.24) is 10.6 Å². The zero-order chi connectivity index (χ0) is 19.4. The molecular weight excluding hydrogens is 374 g/mol. The summed E-state index contributed by atoms with van der Waals surface area (Å²) >= 11 is 1.15. The largest absolute Gasteiger partial charge is 0.390 e. The molecule has 0 aliphatic heterocycles. The van der Waals surface area contributed by atoms with Crippen molar-refractivity contribution in [3.05, 3.63) is 17.5 Å². The molecule has 0 saturated heterocycles. The number of aliphatic imine (C=N–C) groups is 1. The highest BCUT2D eigenvalue weighted by molar-refractivity contribution is 7.93. The summed E-state index contributed by atoms with van der Waals surface area (Å²) in [5, 5.41) is 18.0. The van der Waals surface area contributed by atoms with Crippen molar-refractivity contribution in [3.63, 3.8) is 0 Å². The van der Waals surface area contributed by atoms with Gasteiger partial charge in [-0.3, -0.25) is 4.99 Å². The van der Waals surface area contributed by atoms with E-state index in [0.717, 1.165) is 24.4 Å². The Labute approximate surface area is 160 Å². The van der Waals surface area contributed by atoms with Crippen LogP contribution >= 0.6 is 11.3 Å². The Morgan fingerprint density at radius 2 is 2.15 bits per heavy atom. The van der Waals surface area contributed by atoms with E-state index in [-0.39, 0.29) is 16.5 Å². The summed E-state index contributed by atoms with van der Waals surface area (Å²) in [7, 11) is -3.47. The van der Waals surface area contributed by atoms with Gasteiger partial charge in [0.2, 0.25) is 0 Å². The summed E-state index contributed by atoms with van der Waals surface area (Å²) in [6.45, 7) is 8.97. The Bertz CT molecular complexity index is 616. The highest BCUT2D eigenvalue weighted by atomic mass is 32.2. The average Bonchev–Trinajstić information content (AvgIpc) is 3.10. The SMILES string of the molecule is CCNC(=NCC(O)CS(=O)(=O)c1cccs1)NCCCOCC(C)C. The van der Waals surface area contributed by atoms with Gasteiger partial charge < -0.3 is 20.5 Å². The van der Waals surface area contributed by atoms with E-state index < -0.39 is 15.9 Å². The molecule has 150 valence electrons. The number of hydrogen-bond donors (Lipinski definition) is 3. The van der Waals surface area contributed by atoms with E-state index in [2.05, 4.69) is 29.5 Å². The van der Waals surface area contributed by atoms with E-state index in [1.807, 2.05) is 6.92 Å². The minimum absolute atomic E-state index is 0.0176. The second-order valence-corrected chi connectivity index (χ2v) is 9.54. The first kappa shape index (κ1) is 22.9. The molecular formula is C17H31N3O4S2. The quantitative estimate of drug-likeness (QED) is 0.277. The summed E-state index contributed by atoms with van der Waals surface area (Å²) in [4.78, 5) is 4.27. The maximum atomic E-state index is 12.2. The van der Waals surface area contributed by atoms with E-state index in [1.165, 1.54) is 0 Å². The molecule has 1 heterocycles. The Morgan fingerprint density at radius 1 is 1.38 bits per heavy atom. The van der Waals surface area contributed by atoms with E-state index >= 15 is 0 Å². The zero-order valence-electron chi connectivity index (χ0n) is 15.8. The Kier molecular flexibility index (Phi) is 10.8. The molecule has 7 nitrogen and oxygen atoms in total. The van der Waals surface area contributed by atoms with Gasteiger partial charge in [-0.25, -0.2) is 8.42 Å². The molecule has 1 aromatic heterocycles. The molecule has 0 aromatic carbocycles. The molecule has 1 atom stereocenters. The highest BCUT2D eigenvalue weighted by Crippen LogP contribution is 2.18. The van der Waals surface area contributed by atoms with Crippen LogP contribution in [0.25, 0.3) is 0 Å². The summed E-state index contributed by atoms with van der Waals surface area (Å²) in [5.74, 6) is 0.747. The van der Waals surface area contributed by atoms with E-state index in [9.17, 15) is 13.5 Å². The first-order valence-electron chi connectivity index (χ1n) is 8.89. The Hall–Kier alpha value is -1.16. The van der Waals surface area contributed by atoms with Crippen LogP contribution in [0.3, 0.4) is 0 Å². The monoisotopic (exact) mass is 405 g/mol. The first-order chi connectivity index (χ1) is 12.3. The number of nitrogens with zero attached hydrogens (tertiary/aromatic N) is 1. The van der Waals surface area contributed by atoms with Crippen molar-refractivity contribution in [2.75, 3.05) is 38.6 Å². The number of ether oxygens (including phenoxy) is 1. The Balaban J connectivity index is 2.40. The van der Waals surface area contributed by atoms with Crippen molar-refractivity contribution in [2.45, 2.75) is 37.5 Å². The summed E-state index contributed by atoms with van der Waals surface area (Å²) in [6, 6.07) is 3.23. The molecule has 0 aliphatic carbocycles. The number of thiophene rings is 1. The van der Waals surface area contributed by atoms with Crippen LogP contribution in [0.5, 0.6) is 0 Å². The number of aliphatic hydroxyl groups excluding tert-OH is 1. The second kappa shape index (κ2) is 12.3. The van der Waals surface area contributed by atoms with Gasteiger partial charge in [0.15, 0.2) is 15.8 Å². The third-order valence-corrected chi connectivity index (χ3v) is 6.51. The molecule has 0 bridgehead atoms. The van der Waals surface area contributed by atoms with Gasteiger partial charge in [0, 0.05) is 26.3 Å². The van der Waals surface area contributed by atoms with Gasteiger partial charge in [-0.1, -0.05) is 19.9 Å². The fourth-order valence-electron chi connectivity index (χ4n) is 2.07. The summed E-state index contributed by atoms with van der Waals surface area (Å²) in [6.07, 6.45) is -0.209. The van der Waals surface area contributed by atoms with Crippen LogP contribution in [-0.2, 0) is 14.6 Å². The minimum Gasteiger partial charge on any atom is -0.390 e. The van der Waals surface area contributed by atoms with Gasteiger partial charge >= 0.3 is 0 Å². The molecule has 9 heteroatoms. The van der Waals surface area contributed by atoms with Crippen molar-refractivity contribution < 1.29 is 18.3 Å². The average molecular weight is 406 g/mol. The van der Waals surface area contributed by atoms with E-state index in [0.29, 0.717) is 31.6 Å². The molecule has 0 spiro atoms. The van der Waals surface area contributed by atoms with Gasteiger partial charge in [0.05, 0.1) is 18.4 Å². The van der Waals surface area contributed by atoms with Crippen LogP contribution in [0, 0.1) is 5.92 Å². The van der Waals surface area contributed by atoms with Crippen LogP contribution in [-0.4, -0.2) is 64.2 Å². The second-order valence-electron chi connectivity index (χ2n) is 6.34. The van der Waals surface area contributed by atoms with Crippen molar-refractivity contribution in [1.29, 1.82) is 0 Å². The van der Waals surface area contributed by atoms with Gasteiger partial charge in [0.1, 0.15) is 4.21 Å². The van der Waals surface area contributed by atoms with Crippen molar-refractivity contribution in [2.24, 2.45) is 10.9 Å². The maximum absolute atomic E-state index is 12.2. The predicted octanol–water partition coefficient (Wildman–Crippen LogP) is 1.50. The number of aliphatic hydroxyl groups is 1. The smallest absolute Gasteiger partial charge is 0.191 e. The number of hydrogen-bond acceptors (Lipinski definition) is 6. The molecule has 1 aromatic rings. The Morgan fingerprint density at radius 3 is 2.77 bits per heavy atom. The lowest BCUT2D eigenvalue weighted by Gasteiger charge is -2.13. The lowest BCUT2D eigenvalue weighted by atomic mass is 10.2. The number of rotatable bonds is 12. The first-order valence-corrected chi connectivity index (χ1v) is 11.4. The molecule has 0 saturated carbocycles. The predicted molar refractivity (Wildman–Crippen MR) is 107 cm³/mol. The van der Waals surface area contributed by atoms with Gasteiger partial charge in [-0.15, -0.1) is 11.3 Å². The fraction of sp³-hybridized carbons (Fsp3) is 0.706. The topological polar surface area (TPSA) is 100 Å². The van der Waals surface area contributed by atoms with Gasteiger partial charge in [-0.2, -0.15) is 0 Å². The number of guanidine groups is 1. The summed E-state index contributed by atoms with van der Waals surface area (Å²) < 4.78 is 30.1. The van der Waals surface area contributed by atoms with E-state index in [4.69, 9.17) is 4.74 Å². The lowest BCUT2D eigenvalue weighted by molar-refractivity contribution is 0.108. The standard InChI is InChI=1S/C17H31N3O4S2/c1-4-18-17(19-8-6-9-24-12-14(2)3)20-11-15(21)13-26(22,23)16-7-5-10-25-16/h5,7,10,14-15,21H,4,6,8-9,11-13H2,1-3H3,(H2,18,19,20). The van der Waals surface area contributed by atoms with Crippen LogP contribution in [0.15, 0.2) is 26.7 Å². The molecule has 0 radical (unpaired) electrons. The molecule has 0 amide bonds. The van der Waals surface area contributed by atoms with Crippen LogP contribution in [0.2, 0.25) is 0 Å². The molecule has 1 unspecified atom stereocenters. The summed E-state index contributed by atoms with van der Waals surface area (Å²) in [5.41, 5.74) is 0. The molecule has 3 N–H and O–H groups in total. The van der Waals surface area contributed by atoms with Crippen LogP contribution < -0.4 is 10.6 Å². The minimum atomic E-state index is -3.47. The molecule has 0 fully saturated rings. The van der Waals surface area contributed by atoms with Crippen molar-refractivity contribution in [3.8, 4) is 0 Å². The van der Waals surface area contributed by atoms with Crippen molar-refractivity contribution >= 4 is 27.1 Å². The van der Waals surface area contributed by atoms with Crippen LogP contribution in [0.4, 0.5) is 0 Å². The fourth-order valence-corrected chi connectivity index (χ4v) is 4.53. The molecule has 0 aliphatic rings. The maximum Gasteiger partial charge on any atom is 0.191 e. The number of sulfone groups is 1.